The lowest BCUT2D eigenvalue weighted by molar-refractivity contribution is -0.140. The molecule has 0 aliphatic carbocycles. The number of carbonyl (C=O) groups is 2. The average molecular weight is 380 g/mol. The van der Waals surface area contributed by atoms with Crippen LogP contribution in [-0.2, 0) is 16.0 Å². The number of aromatic amines is 2. The molecule has 3 heterocycles. The van der Waals surface area contributed by atoms with Gasteiger partial charge >= 0.3 is 11.9 Å². The van der Waals surface area contributed by atoms with Crippen LogP contribution in [0.2, 0.25) is 0 Å². The highest BCUT2D eigenvalue weighted by Gasteiger charge is 2.27. The van der Waals surface area contributed by atoms with E-state index in [-0.39, 0.29) is 23.2 Å². The summed E-state index contributed by atoms with van der Waals surface area (Å²) in [6.45, 7) is 0. The summed E-state index contributed by atoms with van der Waals surface area (Å²) in [5.41, 5.74) is 1.48. The monoisotopic (exact) mass is 380 g/mol. The number of ether oxygens (including phenoxy) is 1. The minimum absolute atomic E-state index is 0.0172. The number of carbonyl (C=O) groups excluding carboxylic acids is 1. The quantitative estimate of drug-likeness (QED) is 0.453. The van der Waals surface area contributed by atoms with E-state index in [9.17, 15) is 19.5 Å². The number of carboxylic acids is 1. The molecule has 0 spiro atoms. The predicted octanol–water partition coefficient (Wildman–Crippen LogP) is 1.81. The number of para-hydroxylation sites is 1. The number of esters is 1. The Morgan fingerprint density at radius 3 is 2.82 bits per heavy atom. The Kier molecular flexibility index (Phi) is 4.19. The van der Waals surface area contributed by atoms with Gasteiger partial charge in [-0.15, -0.1) is 0 Å². The van der Waals surface area contributed by atoms with Crippen molar-refractivity contribution in [3.05, 3.63) is 64.3 Å². The fraction of sp³-hybridized carbons (Fsp3) is 0.158. The number of nitrogens with one attached hydrogen (secondary N) is 2. The second-order valence-corrected chi connectivity index (χ2v) is 6.34. The van der Waals surface area contributed by atoms with Crippen LogP contribution in [0.15, 0.2) is 47.7 Å². The molecule has 0 saturated heterocycles. The fourth-order valence-corrected chi connectivity index (χ4v) is 3.32. The van der Waals surface area contributed by atoms with Gasteiger partial charge in [-0.2, -0.15) is 5.10 Å². The van der Waals surface area contributed by atoms with Gasteiger partial charge in [-0.3, -0.25) is 4.79 Å². The van der Waals surface area contributed by atoms with Crippen molar-refractivity contribution >= 4 is 22.8 Å². The molecule has 142 valence electrons. The van der Waals surface area contributed by atoms with E-state index in [1.807, 2.05) is 24.3 Å². The van der Waals surface area contributed by atoms with Crippen LogP contribution in [0.1, 0.15) is 22.0 Å². The van der Waals surface area contributed by atoms with E-state index in [1.165, 1.54) is 24.1 Å². The lowest BCUT2D eigenvalue weighted by Gasteiger charge is -2.18. The summed E-state index contributed by atoms with van der Waals surface area (Å²) in [7, 11) is 1.21. The largest absolute Gasteiger partial charge is 0.480 e. The van der Waals surface area contributed by atoms with E-state index in [4.69, 9.17) is 4.74 Å². The summed E-state index contributed by atoms with van der Waals surface area (Å²) < 4.78 is 6.09. The van der Waals surface area contributed by atoms with Crippen molar-refractivity contribution in [2.45, 2.75) is 12.5 Å². The maximum absolute atomic E-state index is 12.1. The number of benzene rings is 1. The van der Waals surface area contributed by atoms with Crippen LogP contribution < -0.4 is 5.56 Å². The van der Waals surface area contributed by atoms with Crippen molar-refractivity contribution in [1.82, 2.24) is 19.7 Å². The molecule has 3 N–H and O–H groups in total. The molecule has 9 heteroatoms. The third kappa shape index (κ3) is 2.82. The Hall–Kier alpha value is -3.88. The van der Waals surface area contributed by atoms with Gasteiger partial charge in [-0.05, 0) is 11.6 Å². The van der Waals surface area contributed by atoms with Crippen LogP contribution in [0.5, 0.6) is 0 Å². The van der Waals surface area contributed by atoms with Crippen molar-refractivity contribution in [1.29, 1.82) is 0 Å². The molecule has 0 radical (unpaired) electrons. The molecule has 0 saturated carbocycles. The standard InChI is InChI=1S/C19H16N4O5/c1-28-19(27)13-9-23(8-12-16(13)21-22-17(12)24)15(18(25)26)6-10-7-20-14-5-3-2-4-11(10)14/h2-5,7-9,15,20H,6H2,1H3,(H,22,24)(H,25,26)/t15-/m0/s1. The molecule has 1 aromatic heterocycles. The number of pyridine rings is 1. The van der Waals surface area contributed by atoms with Crippen molar-refractivity contribution in [2.24, 2.45) is 0 Å². The van der Waals surface area contributed by atoms with Crippen LogP contribution in [0.3, 0.4) is 0 Å². The van der Waals surface area contributed by atoms with Gasteiger partial charge in [0.2, 0.25) is 0 Å². The highest BCUT2D eigenvalue weighted by molar-refractivity contribution is 5.96. The topological polar surface area (TPSA) is 130 Å². The number of rotatable bonds is 5. The smallest absolute Gasteiger partial charge is 0.341 e. The average Bonchev–Trinajstić information content (AvgIpc) is 3.28. The number of methoxy groups -OCH3 is 1. The molecule has 2 aliphatic heterocycles. The highest BCUT2D eigenvalue weighted by atomic mass is 16.5. The number of fused-ring (bicyclic) bond motifs is 2. The van der Waals surface area contributed by atoms with Gasteiger partial charge < -0.3 is 19.4 Å². The van der Waals surface area contributed by atoms with Crippen molar-refractivity contribution in [3.8, 4) is 11.3 Å². The fourth-order valence-electron chi connectivity index (χ4n) is 3.32. The second-order valence-electron chi connectivity index (χ2n) is 6.34. The molecule has 1 aromatic carbocycles. The Labute approximate surface area is 157 Å². The number of nitrogens with zero attached hydrogens (tertiary/aromatic N) is 2. The number of aliphatic carboxylic acids is 1. The third-order valence-electron chi connectivity index (χ3n) is 4.72. The van der Waals surface area contributed by atoms with Crippen LogP contribution in [-0.4, -0.2) is 43.9 Å². The Morgan fingerprint density at radius 1 is 1.29 bits per heavy atom. The number of hydrogen-bond donors (Lipinski definition) is 3. The summed E-state index contributed by atoms with van der Waals surface area (Å²) in [5.74, 6) is -1.80. The van der Waals surface area contributed by atoms with E-state index in [0.717, 1.165) is 16.5 Å². The SMILES string of the molecule is COC(=O)c1cn([C@@H](Cc2c[nH]c3ccccc23)C(=O)O)cc2c(=O)[nH]nc1-2. The zero-order valence-electron chi connectivity index (χ0n) is 14.8. The molecule has 4 rings (SSSR count). The van der Waals surface area contributed by atoms with E-state index in [1.54, 1.807) is 6.20 Å². The van der Waals surface area contributed by atoms with Crippen molar-refractivity contribution < 1.29 is 19.4 Å². The second kappa shape index (κ2) is 6.69. The van der Waals surface area contributed by atoms with Crippen molar-refractivity contribution in [3.63, 3.8) is 0 Å². The first kappa shape index (κ1) is 17.5. The highest BCUT2D eigenvalue weighted by Crippen LogP contribution is 2.27. The number of aromatic nitrogens is 4. The van der Waals surface area contributed by atoms with Crippen LogP contribution in [0.25, 0.3) is 22.2 Å². The van der Waals surface area contributed by atoms with E-state index < -0.39 is 23.5 Å². The molecule has 2 aromatic rings. The predicted molar refractivity (Wildman–Crippen MR) is 99.5 cm³/mol. The first-order valence-corrected chi connectivity index (χ1v) is 8.45. The number of carboxylic acid groups (broad SMARTS) is 1. The zero-order chi connectivity index (χ0) is 19.8. The molecule has 9 nitrogen and oxygen atoms in total. The minimum Gasteiger partial charge on any atom is -0.480 e. The summed E-state index contributed by atoms with van der Waals surface area (Å²) in [4.78, 5) is 39.3. The van der Waals surface area contributed by atoms with Crippen LogP contribution in [0, 0.1) is 0 Å². The maximum atomic E-state index is 12.1. The lowest BCUT2D eigenvalue weighted by Crippen LogP contribution is -2.23. The Bertz CT molecular complexity index is 1220. The molecule has 2 aliphatic rings. The zero-order valence-corrected chi connectivity index (χ0v) is 14.8. The molecule has 1 atom stereocenters. The van der Waals surface area contributed by atoms with Crippen molar-refractivity contribution in [2.75, 3.05) is 7.11 Å². The van der Waals surface area contributed by atoms with Crippen LogP contribution in [0.4, 0.5) is 0 Å². The summed E-state index contributed by atoms with van der Waals surface area (Å²) >= 11 is 0. The number of H-pyrrole nitrogens is 2. The van der Waals surface area contributed by atoms with E-state index >= 15 is 0 Å². The first-order valence-electron chi connectivity index (χ1n) is 8.45. The normalized spacial score (nSPS) is 12.3. The van der Waals surface area contributed by atoms with Gasteiger partial charge in [-0.1, -0.05) is 18.2 Å². The summed E-state index contributed by atoms with van der Waals surface area (Å²) in [5, 5.41) is 16.9. The van der Waals surface area contributed by atoms with Gasteiger partial charge in [-0.25, -0.2) is 14.7 Å². The minimum atomic E-state index is -1.10. The molecule has 0 unspecified atom stereocenters. The molecule has 0 fully saturated rings. The van der Waals surface area contributed by atoms with E-state index in [0.29, 0.717) is 0 Å². The lowest BCUT2D eigenvalue weighted by atomic mass is 10.0. The third-order valence-corrected chi connectivity index (χ3v) is 4.72. The Morgan fingerprint density at radius 2 is 2.07 bits per heavy atom. The van der Waals surface area contributed by atoms with Crippen LogP contribution >= 0.6 is 0 Å². The first-order chi connectivity index (χ1) is 13.5. The van der Waals surface area contributed by atoms with Gasteiger partial charge in [0.15, 0.2) is 0 Å². The van der Waals surface area contributed by atoms with E-state index in [2.05, 4.69) is 15.2 Å². The molecular formula is C19H16N4O5. The molecule has 28 heavy (non-hydrogen) atoms. The maximum Gasteiger partial charge on any atom is 0.341 e. The van der Waals surface area contributed by atoms with Gasteiger partial charge in [0, 0.05) is 35.9 Å². The Balaban J connectivity index is 1.84. The molecular weight excluding hydrogens is 364 g/mol. The molecule has 0 bridgehead atoms. The molecule has 0 amide bonds. The van der Waals surface area contributed by atoms with Gasteiger partial charge in [0.05, 0.1) is 12.7 Å². The summed E-state index contributed by atoms with van der Waals surface area (Å²) in [6.07, 6.45) is 4.66. The summed E-state index contributed by atoms with van der Waals surface area (Å²) in [6, 6.07) is 6.52. The number of hydrogen-bond acceptors (Lipinski definition) is 5. The van der Waals surface area contributed by atoms with Gasteiger partial charge in [0.25, 0.3) is 5.56 Å². The van der Waals surface area contributed by atoms with Gasteiger partial charge in [0.1, 0.15) is 17.3 Å².